The molecule has 0 aliphatic rings. The van der Waals surface area contributed by atoms with E-state index in [1.54, 1.807) is 32.4 Å². The van der Waals surface area contributed by atoms with Crippen LogP contribution in [0.15, 0.2) is 18.2 Å². The van der Waals surface area contributed by atoms with Gasteiger partial charge in [-0.2, -0.15) is 5.26 Å². The topological polar surface area (TPSA) is 62.5 Å². The fraction of sp³-hybridized carbons (Fsp3) is 0.417. The third-order valence-corrected chi connectivity index (χ3v) is 2.39. The van der Waals surface area contributed by atoms with Gasteiger partial charge in [0.1, 0.15) is 11.5 Å². The standard InChI is InChI=1S/C12H15NO3/c1-15-10-3-4-11(12(7-10)16-2)9(8-13)5-6-14/h3-4,7,9,14H,5-6H2,1-2H3. The summed E-state index contributed by atoms with van der Waals surface area (Å²) in [5, 5.41) is 17.9. The van der Waals surface area contributed by atoms with Crippen molar-refractivity contribution in [3.8, 4) is 17.6 Å². The number of ether oxygens (including phenoxy) is 2. The normalized spacial score (nSPS) is 11.6. The largest absolute Gasteiger partial charge is 0.497 e. The quantitative estimate of drug-likeness (QED) is 0.821. The van der Waals surface area contributed by atoms with Gasteiger partial charge in [-0.15, -0.1) is 0 Å². The van der Waals surface area contributed by atoms with Crippen molar-refractivity contribution in [2.24, 2.45) is 0 Å². The maximum Gasteiger partial charge on any atom is 0.127 e. The van der Waals surface area contributed by atoms with Gasteiger partial charge in [0.05, 0.1) is 26.2 Å². The zero-order chi connectivity index (χ0) is 12.0. The van der Waals surface area contributed by atoms with Crippen LogP contribution in [0.3, 0.4) is 0 Å². The summed E-state index contributed by atoms with van der Waals surface area (Å²) in [6, 6.07) is 7.45. The molecule has 0 saturated carbocycles. The Morgan fingerprint density at radius 1 is 1.38 bits per heavy atom. The second kappa shape index (κ2) is 5.99. The molecule has 0 aliphatic heterocycles. The first-order chi connectivity index (χ1) is 7.76. The van der Waals surface area contributed by atoms with E-state index in [9.17, 15) is 0 Å². The van der Waals surface area contributed by atoms with Crippen molar-refractivity contribution in [1.29, 1.82) is 5.26 Å². The molecule has 4 heteroatoms. The molecule has 86 valence electrons. The number of nitrogens with zero attached hydrogens (tertiary/aromatic N) is 1. The van der Waals surface area contributed by atoms with Crippen molar-refractivity contribution in [2.75, 3.05) is 20.8 Å². The zero-order valence-corrected chi connectivity index (χ0v) is 9.43. The summed E-state index contributed by atoms with van der Waals surface area (Å²) in [5.41, 5.74) is 0.778. The number of benzene rings is 1. The molecule has 0 aromatic heterocycles. The number of methoxy groups -OCH3 is 2. The van der Waals surface area contributed by atoms with Crippen molar-refractivity contribution >= 4 is 0 Å². The predicted octanol–water partition coefficient (Wildman–Crippen LogP) is 1.69. The first-order valence-electron chi connectivity index (χ1n) is 4.99. The lowest BCUT2D eigenvalue weighted by Crippen LogP contribution is -2.02. The molecule has 0 heterocycles. The van der Waals surface area contributed by atoms with Crippen LogP contribution >= 0.6 is 0 Å². The molecule has 0 aliphatic carbocycles. The molecule has 1 N–H and O–H groups in total. The smallest absolute Gasteiger partial charge is 0.127 e. The Bertz CT molecular complexity index is 384. The second-order valence-corrected chi connectivity index (χ2v) is 3.30. The molecule has 1 unspecified atom stereocenters. The third kappa shape index (κ3) is 2.65. The molecule has 1 aromatic carbocycles. The molecular weight excluding hydrogens is 206 g/mol. The van der Waals surface area contributed by atoms with Crippen LogP contribution in [0.2, 0.25) is 0 Å². The van der Waals surface area contributed by atoms with Gasteiger partial charge in [0.2, 0.25) is 0 Å². The Morgan fingerprint density at radius 2 is 2.12 bits per heavy atom. The van der Waals surface area contributed by atoms with Gasteiger partial charge in [-0.25, -0.2) is 0 Å². The van der Waals surface area contributed by atoms with Crippen LogP contribution in [0.1, 0.15) is 17.9 Å². The van der Waals surface area contributed by atoms with Crippen molar-refractivity contribution in [3.63, 3.8) is 0 Å². The summed E-state index contributed by atoms with van der Waals surface area (Å²) in [4.78, 5) is 0. The van der Waals surface area contributed by atoms with Crippen LogP contribution in [-0.4, -0.2) is 25.9 Å². The number of nitriles is 1. The van der Waals surface area contributed by atoms with E-state index in [1.807, 2.05) is 0 Å². The van der Waals surface area contributed by atoms with Crippen molar-refractivity contribution in [3.05, 3.63) is 23.8 Å². The molecule has 16 heavy (non-hydrogen) atoms. The van der Waals surface area contributed by atoms with E-state index in [2.05, 4.69) is 6.07 Å². The van der Waals surface area contributed by atoms with Gasteiger partial charge in [0.25, 0.3) is 0 Å². The van der Waals surface area contributed by atoms with E-state index in [1.165, 1.54) is 0 Å². The summed E-state index contributed by atoms with van der Waals surface area (Å²) in [7, 11) is 3.12. The average molecular weight is 221 g/mol. The average Bonchev–Trinajstić information content (AvgIpc) is 2.35. The SMILES string of the molecule is COc1ccc(C(C#N)CCO)c(OC)c1. The van der Waals surface area contributed by atoms with Crippen LogP contribution in [0.4, 0.5) is 0 Å². The highest BCUT2D eigenvalue weighted by atomic mass is 16.5. The maximum absolute atomic E-state index is 9.01. The van der Waals surface area contributed by atoms with E-state index in [-0.39, 0.29) is 12.5 Å². The first kappa shape index (κ1) is 12.3. The highest BCUT2D eigenvalue weighted by molar-refractivity contribution is 5.44. The number of hydrogen-bond acceptors (Lipinski definition) is 4. The summed E-state index contributed by atoms with van der Waals surface area (Å²) < 4.78 is 10.3. The number of aliphatic hydroxyl groups excluding tert-OH is 1. The Labute approximate surface area is 95.0 Å². The van der Waals surface area contributed by atoms with Gasteiger partial charge in [-0.3, -0.25) is 0 Å². The highest BCUT2D eigenvalue weighted by Gasteiger charge is 2.15. The molecule has 0 amide bonds. The number of aliphatic hydroxyl groups is 1. The van der Waals surface area contributed by atoms with E-state index >= 15 is 0 Å². The van der Waals surface area contributed by atoms with E-state index < -0.39 is 0 Å². The Morgan fingerprint density at radius 3 is 2.62 bits per heavy atom. The monoisotopic (exact) mass is 221 g/mol. The molecule has 1 atom stereocenters. The van der Waals surface area contributed by atoms with Crippen LogP contribution in [0.5, 0.6) is 11.5 Å². The minimum atomic E-state index is -0.356. The molecule has 0 bridgehead atoms. The maximum atomic E-state index is 9.01. The van der Waals surface area contributed by atoms with Gasteiger partial charge in [0.15, 0.2) is 0 Å². The van der Waals surface area contributed by atoms with E-state index in [4.69, 9.17) is 19.8 Å². The van der Waals surface area contributed by atoms with Crippen LogP contribution in [0, 0.1) is 11.3 Å². The van der Waals surface area contributed by atoms with Crippen LogP contribution in [0.25, 0.3) is 0 Å². The Balaban J connectivity index is 3.07. The minimum absolute atomic E-state index is 0.0204. The van der Waals surface area contributed by atoms with Crippen molar-refractivity contribution < 1.29 is 14.6 Å². The number of hydrogen-bond donors (Lipinski definition) is 1. The van der Waals surface area contributed by atoms with Gasteiger partial charge < -0.3 is 14.6 Å². The fourth-order valence-electron chi connectivity index (χ4n) is 1.53. The van der Waals surface area contributed by atoms with Crippen molar-refractivity contribution in [2.45, 2.75) is 12.3 Å². The Hall–Kier alpha value is -1.73. The van der Waals surface area contributed by atoms with Gasteiger partial charge in [0, 0.05) is 18.2 Å². The highest BCUT2D eigenvalue weighted by Crippen LogP contribution is 2.31. The van der Waals surface area contributed by atoms with E-state index in [0.717, 1.165) is 5.56 Å². The lowest BCUT2D eigenvalue weighted by molar-refractivity contribution is 0.282. The third-order valence-electron chi connectivity index (χ3n) is 2.39. The lowest BCUT2D eigenvalue weighted by atomic mass is 9.96. The van der Waals surface area contributed by atoms with Crippen LogP contribution < -0.4 is 9.47 Å². The lowest BCUT2D eigenvalue weighted by Gasteiger charge is -2.13. The summed E-state index contributed by atoms with van der Waals surface area (Å²) >= 11 is 0. The molecule has 4 nitrogen and oxygen atoms in total. The molecule has 0 spiro atoms. The van der Waals surface area contributed by atoms with E-state index in [0.29, 0.717) is 17.9 Å². The second-order valence-electron chi connectivity index (χ2n) is 3.30. The first-order valence-corrected chi connectivity index (χ1v) is 4.99. The molecule has 1 rings (SSSR count). The fourth-order valence-corrected chi connectivity index (χ4v) is 1.53. The minimum Gasteiger partial charge on any atom is -0.497 e. The molecule has 0 saturated heterocycles. The molecule has 1 aromatic rings. The van der Waals surface area contributed by atoms with Gasteiger partial charge in [-0.05, 0) is 12.5 Å². The molecular formula is C12H15NO3. The molecule has 0 fully saturated rings. The Kier molecular flexibility index (Phi) is 4.62. The predicted molar refractivity (Wildman–Crippen MR) is 59.6 cm³/mol. The van der Waals surface area contributed by atoms with Crippen molar-refractivity contribution in [1.82, 2.24) is 0 Å². The summed E-state index contributed by atoms with van der Waals surface area (Å²) in [6.07, 6.45) is 0.402. The molecule has 0 radical (unpaired) electrons. The van der Waals surface area contributed by atoms with Crippen LogP contribution in [-0.2, 0) is 0 Å². The number of rotatable bonds is 5. The van der Waals surface area contributed by atoms with Gasteiger partial charge in [-0.1, -0.05) is 6.07 Å². The zero-order valence-electron chi connectivity index (χ0n) is 9.43. The summed E-state index contributed by atoms with van der Waals surface area (Å²) in [5.74, 6) is 0.937. The van der Waals surface area contributed by atoms with Gasteiger partial charge >= 0.3 is 0 Å². The summed E-state index contributed by atoms with van der Waals surface area (Å²) in [6.45, 7) is -0.0204.